The molecule has 0 aliphatic rings. The molecule has 0 atom stereocenters. The monoisotopic (exact) mass is 269 g/mol. The van der Waals surface area contributed by atoms with Gasteiger partial charge in [-0.2, -0.15) is 0 Å². The highest BCUT2D eigenvalue weighted by Gasteiger charge is 2.05. The molecule has 0 aliphatic carbocycles. The molecule has 0 fully saturated rings. The first-order valence-electron chi connectivity index (χ1n) is 6.58. The molecule has 0 aromatic heterocycles. The number of hydrogen-bond acceptors (Lipinski definition) is 2. The van der Waals surface area contributed by atoms with Crippen molar-refractivity contribution in [3.05, 3.63) is 59.2 Å². The van der Waals surface area contributed by atoms with Crippen LogP contribution in [0.3, 0.4) is 0 Å². The minimum atomic E-state index is -0.0154. The van der Waals surface area contributed by atoms with E-state index in [-0.39, 0.29) is 5.91 Å². The predicted octanol–water partition coefficient (Wildman–Crippen LogP) is 3.49. The Morgan fingerprint density at radius 1 is 1.05 bits per heavy atom. The van der Waals surface area contributed by atoms with Gasteiger partial charge in [0.05, 0.1) is 13.5 Å². The van der Waals surface area contributed by atoms with E-state index in [1.54, 1.807) is 7.11 Å². The van der Waals surface area contributed by atoms with Crippen molar-refractivity contribution < 1.29 is 9.53 Å². The van der Waals surface area contributed by atoms with Gasteiger partial charge in [0.15, 0.2) is 0 Å². The number of hydrogen-bond donors (Lipinski definition) is 1. The summed E-state index contributed by atoms with van der Waals surface area (Å²) in [4.78, 5) is 12.0. The van der Waals surface area contributed by atoms with Crippen LogP contribution in [0, 0.1) is 13.8 Å². The summed E-state index contributed by atoms with van der Waals surface area (Å²) in [5.74, 6) is 0.760. The van der Waals surface area contributed by atoms with Crippen LogP contribution in [-0.4, -0.2) is 13.0 Å². The summed E-state index contributed by atoms with van der Waals surface area (Å²) in [5.41, 5.74) is 4.25. The highest BCUT2D eigenvalue weighted by Crippen LogP contribution is 2.16. The number of methoxy groups -OCH3 is 1. The number of anilines is 1. The van der Waals surface area contributed by atoms with Crippen LogP contribution in [0.2, 0.25) is 0 Å². The second-order valence-electron chi connectivity index (χ2n) is 4.87. The molecule has 0 spiro atoms. The highest BCUT2D eigenvalue weighted by molar-refractivity contribution is 5.92. The second-order valence-corrected chi connectivity index (χ2v) is 4.87. The van der Waals surface area contributed by atoms with Crippen molar-refractivity contribution in [1.29, 1.82) is 0 Å². The number of rotatable bonds is 4. The van der Waals surface area contributed by atoms with Crippen LogP contribution in [0.1, 0.15) is 16.7 Å². The number of carbonyl (C=O) groups is 1. The van der Waals surface area contributed by atoms with Gasteiger partial charge in [-0.05, 0) is 54.8 Å². The minimum absolute atomic E-state index is 0.0154. The lowest BCUT2D eigenvalue weighted by Crippen LogP contribution is -2.14. The molecule has 0 heterocycles. The molecule has 2 rings (SSSR count). The molecule has 2 aromatic rings. The lowest BCUT2D eigenvalue weighted by molar-refractivity contribution is -0.115. The van der Waals surface area contributed by atoms with Crippen molar-refractivity contribution in [2.24, 2.45) is 0 Å². The summed E-state index contributed by atoms with van der Waals surface area (Å²) in [5, 5.41) is 2.88. The van der Waals surface area contributed by atoms with E-state index in [2.05, 4.69) is 25.2 Å². The Morgan fingerprint density at radius 2 is 1.75 bits per heavy atom. The lowest BCUT2D eigenvalue weighted by atomic mass is 10.0. The highest BCUT2D eigenvalue weighted by atomic mass is 16.5. The molecular formula is C17H19NO2. The zero-order valence-electron chi connectivity index (χ0n) is 12.1. The second kappa shape index (κ2) is 6.24. The van der Waals surface area contributed by atoms with Gasteiger partial charge < -0.3 is 10.1 Å². The largest absolute Gasteiger partial charge is 0.497 e. The zero-order chi connectivity index (χ0) is 14.5. The van der Waals surface area contributed by atoms with Gasteiger partial charge in [0.25, 0.3) is 0 Å². The summed E-state index contributed by atoms with van der Waals surface area (Å²) in [6.45, 7) is 4.12. The number of carbonyl (C=O) groups excluding carboxylic acids is 1. The Labute approximate surface area is 119 Å². The number of aryl methyl sites for hydroxylation is 2. The summed E-state index contributed by atoms with van der Waals surface area (Å²) in [6.07, 6.45) is 0.382. The SMILES string of the molecule is COc1ccc(NC(=O)Cc2ccc(C)c(C)c2)cc1. The predicted molar refractivity (Wildman–Crippen MR) is 81.2 cm³/mol. The molecule has 0 saturated heterocycles. The Kier molecular flexibility index (Phi) is 4.41. The fourth-order valence-corrected chi connectivity index (χ4v) is 1.98. The average Bonchev–Trinajstić information content (AvgIpc) is 2.44. The van der Waals surface area contributed by atoms with Gasteiger partial charge in [0.2, 0.25) is 5.91 Å². The van der Waals surface area contributed by atoms with E-state index in [0.717, 1.165) is 17.0 Å². The van der Waals surface area contributed by atoms with Crippen molar-refractivity contribution in [2.45, 2.75) is 20.3 Å². The van der Waals surface area contributed by atoms with Crippen LogP contribution in [0.25, 0.3) is 0 Å². The topological polar surface area (TPSA) is 38.3 Å². The Morgan fingerprint density at radius 3 is 2.35 bits per heavy atom. The first kappa shape index (κ1) is 14.1. The molecule has 104 valence electrons. The molecule has 3 nitrogen and oxygen atoms in total. The fraction of sp³-hybridized carbons (Fsp3) is 0.235. The summed E-state index contributed by atoms with van der Waals surface area (Å²) < 4.78 is 5.08. The molecule has 0 unspecified atom stereocenters. The van der Waals surface area contributed by atoms with E-state index < -0.39 is 0 Å². The fourth-order valence-electron chi connectivity index (χ4n) is 1.98. The number of amides is 1. The maximum Gasteiger partial charge on any atom is 0.228 e. The molecule has 0 bridgehead atoms. The van der Waals surface area contributed by atoms with E-state index in [1.807, 2.05) is 36.4 Å². The van der Waals surface area contributed by atoms with E-state index in [4.69, 9.17) is 4.74 Å². The van der Waals surface area contributed by atoms with E-state index in [0.29, 0.717) is 6.42 Å². The van der Waals surface area contributed by atoms with Crippen LogP contribution < -0.4 is 10.1 Å². The summed E-state index contributed by atoms with van der Waals surface area (Å²) >= 11 is 0. The van der Waals surface area contributed by atoms with E-state index in [1.165, 1.54) is 11.1 Å². The minimum Gasteiger partial charge on any atom is -0.497 e. The van der Waals surface area contributed by atoms with Gasteiger partial charge >= 0.3 is 0 Å². The average molecular weight is 269 g/mol. The van der Waals surface area contributed by atoms with E-state index in [9.17, 15) is 4.79 Å². The van der Waals surface area contributed by atoms with Crippen LogP contribution in [-0.2, 0) is 11.2 Å². The third kappa shape index (κ3) is 3.60. The van der Waals surface area contributed by atoms with Gasteiger partial charge in [-0.25, -0.2) is 0 Å². The first-order chi connectivity index (χ1) is 9.58. The van der Waals surface area contributed by atoms with Crippen molar-refractivity contribution >= 4 is 11.6 Å². The van der Waals surface area contributed by atoms with Crippen LogP contribution in [0.5, 0.6) is 5.75 Å². The molecule has 0 radical (unpaired) electrons. The zero-order valence-corrected chi connectivity index (χ0v) is 12.1. The molecule has 2 aromatic carbocycles. The van der Waals surface area contributed by atoms with Crippen LogP contribution >= 0.6 is 0 Å². The van der Waals surface area contributed by atoms with Crippen molar-refractivity contribution in [2.75, 3.05) is 12.4 Å². The standard InChI is InChI=1S/C17H19NO2/c1-12-4-5-14(10-13(12)2)11-17(19)18-15-6-8-16(20-3)9-7-15/h4-10H,11H2,1-3H3,(H,18,19). The van der Waals surface area contributed by atoms with Gasteiger partial charge in [0, 0.05) is 5.69 Å². The number of ether oxygens (including phenoxy) is 1. The first-order valence-corrected chi connectivity index (χ1v) is 6.58. The lowest BCUT2D eigenvalue weighted by Gasteiger charge is -2.08. The normalized spacial score (nSPS) is 10.2. The number of benzene rings is 2. The quantitative estimate of drug-likeness (QED) is 0.922. The maximum absolute atomic E-state index is 12.0. The van der Waals surface area contributed by atoms with Gasteiger partial charge in [-0.3, -0.25) is 4.79 Å². The molecule has 0 aliphatic heterocycles. The van der Waals surface area contributed by atoms with Gasteiger partial charge in [-0.1, -0.05) is 18.2 Å². The Bertz CT molecular complexity index is 603. The van der Waals surface area contributed by atoms with Crippen LogP contribution in [0.15, 0.2) is 42.5 Å². The molecule has 20 heavy (non-hydrogen) atoms. The summed E-state index contributed by atoms with van der Waals surface area (Å²) in [6, 6.07) is 13.4. The van der Waals surface area contributed by atoms with Crippen molar-refractivity contribution in [3.8, 4) is 5.75 Å². The third-order valence-electron chi connectivity index (χ3n) is 3.31. The Balaban J connectivity index is 1.99. The van der Waals surface area contributed by atoms with Crippen LogP contribution in [0.4, 0.5) is 5.69 Å². The van der Waals surface area contributed by atoms with Gasteiger partial charge in [0.1, 0.15) is 5.75 Å². The van der Waals surface area contributed by atoms with E-state index >= 15 is 0 Å². The molecule has 1 N–H and O–H groups in total. The van der Waals surface area contributed by atoms with Gasteiger partial charge in [-0.15, -0.1) is 0 Å². The molecule has 3 heteroatoms. The third-order valence-corrected chi connectivity index (χ3v) is 3.31. The molecule has 1 amide bonds. The van der Waals surface area contributed by atoms with Crippen molar-refractivity contribution in [1.82, 2.24) is 0 Å². The van der Waals surface area contributed by atoms with Crippen molar-refractivity contribution in [3.63, 3.8) is 0 Å². The number of nitrogens with one attached hydrogen (secondary N) is 1. The molecular weight excluding hydrogens is 250 g/mol. The molecule has 0 saturated carbocycles. The smallest absolute Gasteiger partial charge is 0.228 e. The Hall–Kier alpha value is -2.29. The summed E-state index contributed by atoms with van der Waals surface area (Å²) in [7, 11) is 1.62. The maximum atomic E-state index is 12.0.